The van der Waals surface area contributed by atoms with E-state index in [9.17, 15) is 8.42 Å². The molecule has 5 rings (SSSR count). The lowest BCUT2D eigenvalue weighted by Gasteiger charge is -2.25. The van der Waals surface area contributed by atoms with Crippen molar-refractivity contribution >= 4 is 21.3 Å². The first kappa shape index (κ1) is 16.3. The minimum atomic E-state index is -3.21. The molecule has 136 valence electrons. The summed E-state index contributed by atoms with van der Waals surface area (Å²) in [5.74, 6) is 1.15. The third-order valence-corrected chi connectivity index (χ3v) is 6.58. The first-order valence-corrected chi connectivity index (χ1v) is 10.8. The van der Waals surface area contributed by atoms with Gasteiger partial charge in [-0.15, -0.1) is 0 Å². The number of sulfone groups is 1. The van der Waals surface area contributed by atoms with Crippen molar-refractivity contribution in [3.63, 3.8) is 0 Å². The van der Waals surface area contributed by atoms with Crippen LogP contribution in [-0.4, -0.2) is 26.2 Å². The molecule has 1 aromatic heterocycles. The number of benzene rings is 2. The molecule has 2 aromatic carbocycles. The number of hydrogen-bond acceptors (Lipinski definition) is 5. The lowest BCUT2D eigenvalue weighted by Crippen LogP contribution is -2.20. The van der Waals surface area contributed by atoms with Crippen molar-refractivity contribution in [2.45, 2.75) is 16.9 Å². The molecule has 3 aromatic rings. The van der Waals surface area contributed by atoms with Crippen LogP contribution in [0.5, 0.6) is 0 Å². The Morgan fingerprint density at radius 1 is 1.00 bits per heavy atom. The van der Waals surface area contributed by atoms with Gasteiger partial charge >= 0.3 is 0 Å². The lowest BCUT2D eigenvalue weighted by atomic mass is 9.87. The number of pyridine rings is 1. The summed E-state index contributed by atoms with van der Waals surface area (Å²) in [6.45, 7) is 0.791. The first-order chi connectivity index (χ1) is 13.0. The molecular weight excluding hydrogens is 358 g/mol. The number of nitrogens with zero attached hydrogens (tertiary/aromatic N) is 1. The third-order valence-electron chi connectivity index (χ3n) is 5.45. The highest BCUT2D eigenvalue weighted by molar-refractivity contribution is 7.90. The zero-order valence-corrected chi connectivity index (χ0v) is 15.6. The van der Waals surface area contributed by atoms with Crippen LogP contribution in [0.2, 0.25) is 0 Å². The van der Waals surface area contributed by atoms with Crippen LogP contribution in [0.1, 0.15) is 23.1 Å². The summed E-state index contributed by atoms with van der Waals surface area (Å²) in [5, 5.41) is 7.13. The van der Waals surface area contributed by atoms with Gasteiger partial charge in [0.25, 0.3) is 0 Å². The van der Waals surface area contributed by atoms with Crippen LogP contribution in [-0.2, 0) is 9.84 Å². The van der Waals surface area contributed by atoms with Crippen molar-refractivity contribution in [2.24, 2.45) is 0 Å². The molecule has 5 nitrogen and oxygen atoms in total. The number of para-hydroxylation sites is 1. The van der Waals surface area contributed by atoms with Gasteiger partial charge in [0.2, 0.25) is 0 Å². The van der Waals surface area contributed by atoms with E-state index in [0.29, 0.717) is 4.90 Å². The highest BCUT2D eigenvalue weighted by Gasteiger charge is 2.37. The fourth-order valence-corrected chi connectivity index (χ4v) is 4.80. The highest BCUT2D eigenvalue weighted by Crippen LogP contribution is 2.49. The van der Waals surface area contributed by atoms with Gasteiger partial charge in [0.05, 0.1) is 10.9 Å². The van der Waals surface area contributed by atoms with Crippen molar-refractivity contribution < 1.29 is 8.42 Å². The van der Waals surface area contributed by atoms with Gasteiger partial charge in [-0.05, 0) is 35.4 Å². The summed E-state index contributed by atoms with van der Waals surface area (Å²) in [6, 6.07) is 17.6. The molecule has 27 heavy (non-hydrogen) atoms. The molecule has 6 heteroatoms. The summed E-state index contributed by atoms with van der Waals surface area (Å²) in [7, 11) is -3.21. The van der Waals surface area contributed by atoms with E-state index in [1.54, 1.807) is 12.1 Å². The Morgan fingerprint density at radius 3 is 2.56 bits per heavy atom. The Hall–Kier alpha value is -2.86. The SMILES string of the molecule is CS(=O)(=O)c1ccc(C2Nc3ccccc3-c3ccnc4c3C2CN4)cc1. The molecule has 2 N–H and O–H groups in total. The predicted molar refractivity (Wildman–Crippen MR) is 107 cm³/mol. The van der Waals surface area contributed by atoms with E-state index in [-0.39, 0.29) is 12.0 Å². The molecule has 2 unspecified atom stereocenters. The number of hydrogen-bond donors (Lipinski definition) is 2. The standard InChI is InChI=1S/C21H19N3O2S/c1-27(25,26)14-8-6-13(7-9-14)20-17-12-23-21-19(17)16(10-11-22-21)15-4-2-3-5-18(15)24-20/h2-11,17,20,24H,12H2,1H3,(H,22,23). The zero-order valence-electron chi connectivity index (χ0n) is 14.8. The van der Waals surface area contributed by atoms with Crippen molar-refractivity contribution in [1.82, 2.24) is 4.98 Å². The molecular formula is C21H19N3O2S. The summed E-state index contributed by atoms with van der Waals surface area (Å²) >= 11 is 0. The van der Waals surface area contributed by atoms with Crippen molar-refractivity contribution in [3.05, 3.63) is 71.9 Å². The van der Waals surface area contributed by atoms with Crippen molar-refractivity contribution in [2.75, 3.05) is 23.4 Å². The normalized spacial score (nSPS) is 20.0. The van der Waals surface area contributed by atoms with Gasteiger partial charge in [-0.2, -0.15) is 0 Å². The van der Waals surface area contributed by atoms with E-state index in [2.05, 4.69) is 33.8 Å². The number of rotatable bonds is 2. The number of fused-ring (bicyclic) bond motifs is 2. The zero-order chi connectivity index (χ0) is 18.6. The van der Waals surface area contributed by atoms with E-state index < -0.39 is 9.84 Å². The van der Waals surface area contributed by atoms with Crippen LogP contribution in [0.3, 0.4) is 0 Å². The molecule has 0 saturated heterocycles. The van der Waals surface area contributed by atoms with Gasteiger partial charge in [-0.3, -0.25) is 0 Å². The molecule has 0 fully saturated rings. The van der Waals surface area contributed by atoms with Crippen LogP contribution < -0.4 is 10.6 Å². The third kappa shape index (κ3) is 2.59. The maximum absolute atomic E-state index is 11.8. The molecule has 0 radical (unpaired) electrons. The van der Waals surface area contributed by atoms with Gasteiger partial charge in [0.15, 0.2) is 9.84 Å². The largest absolute Gasteiger partial charge is 0.377 e. The molecule has 0 amide bonds. The quantitative estimate of drug-likeness (QED) is 0.710. The van der Waals surface area contributed by atoms with Crippen molar-refractivity contribution in [1.29, 1.82) is 0 Å². The first-order valence-electron chi connectivity index (χ1n) is 8.91. The summed E-state index contributed by atoms with van der Waals surface area (Å²) in [4.78, 5) is 4.86. The molecule has 2 atom stereocenters. The van der Waals surface area contributed by atoms with Crippen LogP contribution in [0, 0.1) is 0 Å². The van der Waals surface area contributed by atoms with Crippen LogP contribution in [0.4, 0.5) is 11.5 Å². The minimum Gasteiger partial charge on any atom is -0.377 e. The minimum absolute atomic E-state index is 0.0268. The Labute approximate surface area is 158 Å². The molecule has 2 aliphatic rings. The Balaban J connectivity index is 1.67. The van der Waals surface area contributed by atoms with Gasteiger partial charge in [0.1, 0.15) is 5.82 Å². The molecule has 0 saturated carbocycles. The summed E-state index contributed by atoms with van der Waals surface area (Å²) in [5.41, 5.74) is 5.74. The molecule has 3 heterocycles. The van der Waals surface area contributed by atoms with E-state index >= 15 is 0 Å². The summed E-state index contributed by atoms with van der Waals surface area (Å²) in [6.07, 6.45) is 3.08. The predicted octanol–water partition coefficient (Wildman–Crippen LogP) is 3.83. The second kappa shape index (κ2) is 5.82. The number of nitrogens with one attached hydrogen (secondary N) is 2. The van der Waals surface area contributed by atoms with Crippen molar-refractivity contribution in [3.8, 4) is 11.1 Å². The van der Waals surface area contributed by atoms with E-state index in [0.717, 1.165) is 23.6 Å². The van der Waals surface area contributed by atoms with Crippen LogP contribution in [0.25, 0.3) is 11.1 Å². The topological polar surface area (TPSA) is 71.1 Å². The van der Waals surface area contributed by atoms with E-state index in [4.69, 9.17) is 0 Å². The maximum atomic E-state index is 11.8. The fraction of sp³-hybridized carbons (Fsp3) is 0.190. The summed E-state index contributed by atoms with van der Waals surface area (Å²) < 4.78 is 23.6. The Bertz CT molecular complexity index is 1140. The Kier molecular flexibility index (Phi) is 3.52. The van der Waals surface area contributed by atoms with Crippen LogP contribution >= 0.6 is 0 Å². The fourth-order valence-electron chi connectivity index (χ4n) is 4.17. The molecule has 0 spiro atoms. The molecule has 2 aliphatic heterocycles. The monoisotopic (exact) mass is 377 g/mol. The highest BCUT2D eigenvalue weighted by atomic mass is 32.2. The van der Waals surface area contributed by atoms with E-state index in [1.165, 1.54) is 22.9 Å². The second-order valence-electron chi connectivity index (χ2n) is 7.12. The molecule has 0 aliphatic carbocycles. The molecule has 0 bridgehead atoms. The average molecular weight is 377 g/mol. The second-order valence-corrected chi connectivity index (χ2v) is 9.13. The number of aromatic nitrogens is 1. The number of anilines is 2. The Morgan fingerprint density at radius 2 is 1.78 bits per heavy atom. The van der Waals surface area contributed by atoms with Gasteiger partial charge in [0, 0.05) is 41.7 Å². The van der Waals surface area contributed by atoms with Gasteiger partial charge in [-0.25, -0.2) is 13.4 Å². The van der Waals surface area contributed by atoms with Gasteiger partial charge < -0.3 is 10.6 Å². The van der Waals surface area contributed by atoms with Gasteiger partial charge in [-0.1, -0.05) is 30.3 Å². The van der Waals surface area contributed by atoms with E-state index in [1.807, 2.05) is 30.5 Å². The lowest BCUT2D eigenvalue weighted by molar-refractivity contribution is 0.601. The van der Waals surface area contributed by atoms with Crippen LogP contribution in [0.15, 0.2) is 65.7 Å². The maximum Gasteiger partial charge on any atom is 0.175 e. The average Bonchev–Trinajstić information content (AvgIpc) is 3.03. The smallest absolute Gasteiger partial charge is 0.175 e.